The summed E-state index contributed by atoms with van der Waals surface area (Å²) in [5.74, 6) is -0.0699. The number of nitrogens with zero attached hydrogens (tertiary/aromatic N) is 2. The highest BCUT2D eigenvalue weighted by Crippen LogP contribution is 2.36. The Morgan fingerprint density at radius 1 is 1.17 bits per heavy atom. The fourth-order valence-corrected chi connectivity index (χ4v) is 4.85. The summed E-state index contributed by atoms with van der Waals surface area (Å²) in [7, 11) is 1.30. The second-order valence-electron chi connectivity index (χ2n) is 8.28. The van der Waals surface area contributed by atoms with Crippen molar-refractivity contribution in [3.63, 3.8) is 0 Å². The lowest BCUT2D eigenvalue weighted by atomic mass is 10.1. The zero-order chi connectivity index (χ0) is 24.4. The van der Waals surface area contributed by atoms with Crippen LogP contribution >= 0.6 is 11.8 Å². The number of benzene rings is 2. The van der Waals surface area contributed by atoms with E-state index in [0.29, 0.717) is 21.8 Å². The van der Waals surface area contributed by atoms with E-state index < -0.39 is 11.2 Å². The van der Waals surface area contributed by atoms with E-state index in [9.17, 15) is 14.4 Å². The Hall–Kier alpha value is -3.85. The molecule has 5 rings (SSSR count). The third kappa shape index (κ3) is 5.00. The molecule has 35 heavy (non-hydrogen) atoms. The Balaban J connectivity index is 1.62. The summed E-state index contributed by atoms with van der Waals surface area (Å²) in [4.78, 5) is 43.6. The molecule has 0 radical (unpaired) electrons. The summed E-state index contributed by atoms with van der Waals surface area (Å²) in [6.07, 6.45) is 3.47. The molecular formula is C26H23N3O5S. The molecule has 0 saturated heterocycles. The van der Waals surface area contributed by atoms with Crippen LogP contribution in [0.2, 0.25) is 0 Å². The summed E-state index contributed by atoms with van der Waals surface area (Å²) in [6.45, 7) is 0.154. The number of rotatable bonds is 8. The SMILES string of the molecule is COC(=O)c1ccc2c(=O)n(Cc3ccco3)c(SC(C(=O)NC3CC3)c3ccccc3)nc2c1. The van der Waals surface area contributed by atoms with E-state index in [1.165, 1.54) is 35.6 Å². The lowest BCUT2D eigenvalue weighted by Crippen LogP contribution is -2.31. The lowest BCUT2D eigenvalue weighted by Gasteiger charge is -2.19. The van der Waals surface area contributed by atoms with E-state index in [1.54, 1.807) is 24.5 Å². The number of carbonyl (C=O) groups is 2. The molecule has 4 aromatic rings. The average molecular weight is 490 g/mol. The Morgan fingerprint density at radius 2 is 1.97 bits per heavy atom. The number of amides is 1. The molecule has 1 atom stereocenters. The Kier molecular flexibility index (Phi) is 6.41. The van der Waals surface area contributed by atoms with Gasteiger partial charge in [0.2, 0.25) is 5.91 Å². The van der Waals surface area contributed by atoms with Crippen LogP contribution < -0.4 is 10.9 Å². The number of fused-ring (bicyclic) bond motifs is 1. The van der Waals surface area contributed by atoms with Crippen molar-refractivity contribution in [2.45, 2.75) is 35.8 Å². The minimum absolute atomic E-state index is 0.133. The summed E-state index contributed by atoms with van der Waals surface area (Å²) < 4.78 is 11.8. The monoisotopic (exact) mass is 489 g/mol. The van der Waals surface area contributed by atoms with Gasteiger partial charge in [-0.15, -0.1) is 0 Å². The van der Waals surface area contributed by atoms with Gasteiger partial charge in [-0.1, -0.05) is 42.1 Å². The molecule has 8 nitrogen and oxygen atoms in total. The van der Waals surface area contributed by atoms with Crippen LogP contribution in [0.3, 0.4) is 0 Å². The van der Waals surface area contributed by atoms with Gasteiger partial charge in [0, 0.05) is 6.04 Å². The Labute approximate surface area is 205 Å². The van der Waals surface area contributed by atoms with E-state index in [4.69, 9.17) is 14.1 Å². The predicted molar refractivity (Wildman–Crippen MR) is 131 cm³/mol. The average Bonchev–Trinajstić information content (AvgIpc) is 3.54. The lowest BCUT2D eigenvalue weighted by molar-refractivity contribution is -0.120. The third-order valence-electron chi connectivity index (χ3n) is 5.72. The molecule has 1 saturated carbocycles. The molecular weight excluding hydrogens is 466 g/mol. The second kappa shape index (κ2) is 9.79. The van der Waals surface area contributed by atoms with Crippen molar-refractivity contribution >= 4 is 34.5 Å². The van der Waals surface area contributed by atoms with Gasteiger partial charge in [0.05, 0.1) is 36.4 Å². The smallest absolute Gasteiger partial charge is 0.337 e. The molecule has 1 fully saturated rings. The normalized spacial score (nSPS) is 14.0. The number of hydrogen-bond acceptors (Lipinski definition) is 7. The molecule has 9 heteroatoms. The fourth-order valence-electron chi connectivity index (χ4n) is 3.74. The van der Waals surface area contributed by atoms with Crippen molar-refractivity contribution in [3.8, 4) is 0 Å². The van der Waals surface area contributed by atoms with Gasteiger partial charge in [-0.05, 0) is 48.7 Å². The number of hydrogen-bond donors (Lipinski definition) is 1. The zero-order valence-corrected chi connectivity index (χ0v) is 19.8. The minimum atomic E-state index is -0.618. The van der Waals surface area contributed by atoms with Crippen LogP contribution in [-0.4, -0.2) is 34.6 Å². The van der Waals surface area contributed by atoms with Crippen LogP contribution in [0.5, 0.6) is 0 Å². The van der Waals surface area contributed by atoms with Crippen molar-refractivity contribution in [3.05, 3.63) is 94.2 Å². The molecule has 0 bridgehead atoms. The van der Waals surface area contributed by atoms with Crippen molar-refractivity contribution in [2.24, 2.45) is 0 Å². The first-order valence-electron chi connectivity index (χ1n) is 11.2. The van der Waals surface area contributed by atoms with Crippen LogP contribution in [0, 0.1) is 0 Å². The van der Waals surface area contributed by atoms with Crippen molar-refractivity contribution in [1.29, 1.82) is 0 Å². The molecule has 0 spiro atoms. The number of methoxy groups -OCH3 is 1. The van der Waals surface area contributed by atoms with Gasteiger partial charge in [0.25, 0.3) is 5.56 Å². The molecule has 1 aliphatic carbocycles. The maximum Gasteiger partial charge on any atom is 0.337 e. The minimum Gasteiger partial charge on any atom is -0.467 e. The number of thioether (sulfide) groups is 1. The Morgan fingerprint density at radius 3 is 2.66 bits per heavy atom. The maximum atomic E-state index is 13.6. The summed E-state index contributed by atoms with van der Waals surface area (Å²) in [5.41, 5.74) is 1.15. The fraction of sp³-hybridized carbons (Fsp3) is 0.231. The zero-order valence-electron chi connectivity index (χ0n) is 19.0. The summed E-state index contributed by atoms with van der Waals surface area (Å²) in [5, 5.41) is 3.15. The van der Waals surface area contributed by atoms with Crippen LogP contribution in [-0.2, 0) is 16.1 Å². The number of aromatic nitrogens is 2. The molecule has 2 aromatic carbocycles. The topological polar surface area (TPSA) is 103 Å². The maximum absolute atomic E-state index is 13.6. The first-order chi connectivity index (χ1) is 17.0. The molecule has 2 heterocycles. The molecule has 1 unspecified atom stereocenters. The van der Waals surface area contributed by atoms with Crippen molar-refractivity contribution in [1.82, 2.24) is 14.9 Å². The van der Waals surface area contributed by atoms with Gasteiger partial charge in [-0.3, -0.25) is 14.2 Å². The molecule has 1 N–H and O–H groups in total. The second-order valence-corrected chi connectivity index (χ2v) is 9.35. The Bertz CT molecular complexity index is 1430. The quantitative estimate of drug-likeness (QED) is 0.227. The number of esters is 1. The molecule has 2 aromatic heterocycles. The third-order valence-corrected chi connectivity index (χ3v) is 6.97. The van der Waals surface area contributed by atoms with Crippen LogP contribution in [0.1, 0.15) is 39.8 Å². The highest BCUT2D eigenvalue weighted by Gasteiger charge is 2.30. The highest BCUT2D eigenvalue weighted by atomic mass is 32.2. The van der Waals surface area contributed by atoms with Crippen LogP contribution in [0.4, 0.5) is 0 Å². The highest BCUT2D eigenvalue weighted by molar-refractivity contribution is 8.00. The number of carbonyl (C=O) groups excluding carboxylic acids is 2. The first-order valence-corrected chi connectivity index (χ1v) is 12.1. The van der Waals surface area contributed by atoms with Gasteiger partial charge < -0.3 is 14.5 Å². The van der Waals surface area contributed by atoms with Crippen LogP contribution in [0.25, 0.3) is 10.9 Å². The largest absolute Gasteiger partial charge is 0.467 e. The van der Waals surface area contributed by atoms with Crippen LogP contribution in [0.15, 0.2) is 81.3 Å². The van der Waals surface area contributed by atoms with Gasteiger partial charge >= 0.3 is 5.97 Å². The summed E-state index contributed by atoms with van der Waals surface area (Å²) >= 11 is 1.20. The summed E-state index contributed by atoms with van der Waals surface area (Å²) in [6, 6.07) is 17.8. The number of furan rings is 1. The number of ether oxygens (including phenoxy) is 1. The molecule has 1 amide bonds. The first kappa shape index (κ1) is 22.9. The molecule has 178 valence electrons. The van der Waals surface area contributed by atoms with E-state index >= 15 is 0 Å². The van der Waals surface area contributed by atoms with Crippen molar-refractivity contribution in [2.75, 3.05) is 7.11 Å². The molecule has 1 aliphatic rings. The van der Waals surface area contributed by atoms with Gasteiger partial charge in [0.15, 0.2) is 5.16 Å². The number of nitrogens with one attached hydrogen (secondary N) is 1. The van der Waals surface area contributed by atoms with Gasteiger partial charge in [-0.2, -0.15) is 0 Å². The van der Waals surface area contributed by atoms with Gasteiger partial charge in [-0.25, -0.2) is 9.78 Å². The van der Waals surface area contributed by atoms with E-state index in [0.717, 1.165) is 18.4 Å². The standard InChI is InChI=1S/C26H23N3O5S/c1-33-25(32)17-9-12-20-21(14-17)28-26(29(24(20)31)15-19-8-5-13-34-19)35-22(16-6-3-2-4-7-16)23(30)27-18-10-11-18/h2-9,12-14,18,22H,10-11,15H2,1H3,(H,27,30). The van der Waals surface area contributed by atoms with Gasteiger partial charge in [0.1, 0.15) is 11.0 Å². The molecule has 0 aliphatic heterocycles. The van der Waals surface area contributed by atoms with E-state index in [2.05, 4.69) is 5.32 Å². The predicted octanol–water partition coefficient (Wildman–Crippen LogP) is 3.94. The van der Waals surface area contributed by atoms with E-state index in [-0.39, 0.29) is 29.6 Å². The van der Waals surface area contributed by atoms with Crippen molar-refractivity contribution < 1.29 is 18.7 Å². The van der Waals surface area contributed by atoms with E-state index in [1.807, 2.05) is 30.3 Å².